The summed E-state index contributed by atoms with van der Waals surface area (Å²) < 4.78 is 14.9. The lowest BCUT2D eigenvalue weighted by Gasteiger charge is -2.07. The minimum absolute atomic E-state index is 0.215. The molecule has 1 aliphatic heterocycles. The second-order valence-electron chi connectivity index (χ2n) is 3.87. The van der Waals surface area contributed by atoms with Gasteiger partial charge in [0.05, 0.1) is 6.61 Å². The van der Waals surface area contributed by atoms with Gasteiger partial charge in [0.1, 0.15) is 6.61 Å². The summed E-state index contributed by atoms with van der Waals surface area (Å²) in [5, 5.41) is 0. The number of ether oxygens (including phenoxy) is 3. The molecule has 16 heavy (non-hydrogen) atoms. The van der Waals surface area contributed by atoms with E-state index in [9.17, 15) is 4.79 Å². The molecule has 0 aromatic heterocycles. The maximum Gasteiger partial charge on any atom is 0.508 e. The molecule has 0 aromatic carbocycles. The second-order valence-corrected chi connectivity index (χ2v) is 3.87. The van der Waals surface area contributed by atoms with E-state index in [4.69, 9.17) is 9.47 Å². The Hall–Kier alpha value is -1.03. The number of carbonyl (C=O) groups excluding carboxylic acids is 1. The van der Waals surface area contributed by atoms with E-state index in [1.807, 2.05) is 6.08 Å². The van der Waals surface area contributed by atoms with Crippen molar-refractivity contribution < 1.29 is 19.0 Å². The SMILES string of the molecule is C=CCCCCCCOCC1COC(=O)O1. The monoisotopic (exact) mass is 228 g/mol. The van der Waals surface area contributed by atoms with Gasteiger partial charge in [-0.25, -0.2) is 4.79 Å². The highest BCUT2D eigenvalue weighted by molar-refractivity contribution is 5.61. The summed E-state index contributed by atoms with van der Waals surface area (Å²) in [4.78, 5) is 10.6. The van der Waals surface area contributed by atoms with Crippen LogP contribution < -0.4 is 0 Å². The summed E-state index contributed by atoms with van der Waals surface area (Å²) >= 11 is 0. The van der Waals surface area contributed by atoms with Crippen molar-refractivity contribution in [3.8, 4) is 0 Å². The zero-order chi connectivity index (χ0) is 11.6. The van der Waals surface area contributed by atoms with E-state index >= 15 is 0 Å². The fourth-order valence-electron chi connectivity index (χ4n) is 1.51. The summed E-state index contributed by atoms with van der Waals surface area (Å²) in [5.41, 5.74) is 0. The van der Waals surface area contributed by atoms with Gasteiger partial charge in [-0.2, -0.15) is 0 Å². The van der Waals surface area contributed by atoms with Gasteiger partial charge in [-0.3, -0.25) is 0 Å². The zero-order valence-electron chi connectivity index (χ0n) is 9.65. The third-order valence-electron chi connectivity index (χ3n) is 2.40. The molecule has 0 amide bonds. The van der Waals surface area contributed by atoms with Crippen molar-refractivity contribution in [2.75, 3.05) is 19.8 Å². The molecule has 92 valence electrons. The molecule has 0 aromatic rings. The number of carbonyl (C=O) groups is 1. The van der Waals surface area contributed by atoms with E-state index in [1.54, 1.807) is 0 Å². The van der Waals surface area contributed by atoms with Crippen LogP contribution in [0, 0.1) is 0 Å². The molecule has 0 radical (unpaired) electrons. The Morgan fingerprint density at radius 2 is 2.19 bits per heavy atom. The highest BCUT2D eigenvalue weighted by Crippen LogP contribution is 2.07. The molecule has 1 atom stereocenters. The van der Waals surface area contributed by atoms with Crippen LogP contribution in [0.1, 0.15) is 32.1 Å². The van der Waals surface area contributed by atoms with Crippen molar-refractivity contribution >= 4 is 6.16 Å². The van der Waals surface area contributed by atoms with Gasteiger partial charge in [0.15, 0.2) is 6.10 Å². The highest BCUT2D eigenvalue weighted by Gasteiger charge is 2.24. The molecule has 0 N–H and O–H groups in total. The van der Waals surface area contributed by atoms with Crippen molar-refractivity contribution in [3.05, 3.63) is 12.7 Å². The standard InChI is InChI=1S/C12H20O4/c1-2-3-4-5-6-7-8-14-9-11-10-15-12(13)16-11/h2,11H,1,3-10H2. The Balaban J connectivity index is 1.81. The zero-order valence-corrected chi connectivity index (χ0v) is 9.65. The van der Waals surface area contributed by atoms with Crippen LogP contribution in [0.25, 0.3) is 0 Å². The molecule has 4 nitrogen and oxygen atoms in total. The van der Waals surface area contributed by atoms with Crippen molar-refractivity contribution in [1.82, 2.24) is 0 Å². The molecule has 1 aliphatic rings. The molecular formula is C12H20O4. The molecule has 0 saturated carbocycles. The van der Waals surface area contributed by atoms with Crippen LogP contribution in [0.15, 0.2) is 12.7 Å². The molecule has 0 spiro atoms. The van der Waals surface area contributed by atoms with E-state index in [1.165, 1.54) is 19.3 Å². The Labute approximate surface area is 96.6 Å². The number of unbranched alkanes of at least 4 members (excludes halogenated alkanes) is 4. The van der Waals surface area contributed by atoms with E-state index in [2.05, 4.69) is 11.3 Å². The van der Waals surface area contributed by atoms with Crippen molar-refractivity contribution in [3.63, 3.8) is 0 Å². The van der Waals surface area contributed by atoms with Gasteiger partial charge in [0.25, 0.3) is 0 Å². The van der Waals surface area contributed by atoms with Crippen LogP contribution in [0.2, 0.25) is 0 Å². The third-order valence-corrected chi connectivity index (χ3v) is 2.40. The molecular weight excluding hydrogens is 208 g/mol. The predicted octanol–water partition coefficient (Wildman–Crippen LogP) is 2.67. The van der Waals surface area contributed by atoms with E-state index in [-0.39, 0.29) is 6.10 Å². The predicted molar refractivity (Wildman–Crippen MR) is 60.3 cm³/mol. The minimum atomic E-state index is -0.585. The molecule has 1 rings (SSSR count). The van der Waals surface area contributed by atoms with Crippen LogP contribution in [0.5, 0.6) is 0 Å². The lowest BCUT2D eigenvalue weighted by atomic mass is 10.1. The lowest BCUT2D eigenvalue weighted by Crippen LogP contribution is -2.18. The number of hydrogen-bond acceptors (Lipinski definition) is 4. The van der Waals surface area contributed by atoms with Crippen molar-refractivity contribution in [2.24, 2.45) is 0 Å². The second kappa shape index (κ2) is 8.16. The normalized spacial score (nSPS) is 19.2. The van der Waals surface area contributed by atoms with Crippen LogP contribution in [0.4, 0.5) is 4.79 Å². The van der Waals surface area contributed by atoms with Gasteiger partial charge in [-0.15, -0.1) is 6.58 Å². The fraction of sp³-hybridized carbons (Fsp3) is 0.750. The number of hydrogen-bond donors (Lipinski definition) is 0. The Morgan fingerprint density at radius 3 is 2.88 bits per heavy atom. The lowest BCUT2D eigenvalue weighted by molar-refractivity contribution is 0.0443. The molecule has 1 heterocycles. The van der Waals surface area contributed by atoms with Gasteiger partial charge in [-0.1, -0.05) is 18.9 Å². The highest BCUT2D eigenvalue weighted by atomic mass is 16.8. The van der Waals surface area contributed by atoms with E-state index in [0.717, 1.165) is 19.4 Å². The summed E-state index contributed by atoms with van der Waals surface area (Å²) in [6.45, 7) is 5.17. The fourth-order valence-corrected chi connectivity index (χ4v) is 1.51. The largest absolute Gasteiger partial charge is 0.508 e. The smallest absolute Gasteiger partial charge is 0.430 e. The Morgan fingerprint density at radius 1 is 1.38 bits per heavy atom. The van der Waals surface area contributed by atoms with Gasteiger partial charge in [0, 0.05) is 6.61 Å². The average molecular weight is 228 g/mol. The Kier molecular flexibility index (Phi) is 6.65. The first-order chi connectivity index (χ1) is 7.83. The third kappa shape index (κ3) is 5.75. The first-order valence-corrected chi connectivity index (χ1v) is 5.85. The summed E-state index contributed by atoms with van der Waals surface area (Å²) in [7, 11) is 0. The van der Waals surface area contributed by atoms with Crippen LogP contribution in [-0.4, -0.2) is 32.1 Å². The van der Waals surface area contributed by atoms with Gasteiger partial charge >= 0.3 is 6.16 Å². The van der Waals surface area contributed by atoms with Gasteiger partial charge in [0.2, 0.25) is 0 Å². The van der Waals surface area contributed by atoms with Crippen LogP contribution >= 0.6 is 0 Å². The number of allylic oxidation sites excluding steroid dienone is 1. The van der Waals surface area contributed by atoms with E-state index < -0.39 is 6.16 Å². The first-order valence-electron chi connectivity index (χ1n) is 5.85. The number of cyclic esters (lactones) is 2. The maximum atomic E-state index is 10.6. The molecule has 1 saturated heterocycles. The molecule has 1 unspecified atom stereocenters. The molecule has 1 fully saturated rings. The summed E-state index contributed by atoms with van der Waals surface area (Å²) in [5.74, 6) is 0. The molecule has 4 heteroatoms. The van der Waals surface area contributed by atoms with Gasteiger partial charge < -0.3 is 14.2 Å². The summed E-state index contributed by atoms with van der Waals surface area (Å²) in [6, 6.07) is 0. The van der Waals surface area contributed by atoms with E-state index in [0.29, 0.717) is 13.2 Å². The van der Waals surface area contributed by atoms with Crippen LogP contribution in [0.3, 0.4) is 0 Å². The summed E-state index contributed by atoms with van der Waals surface area (Å²) in [6.07, 6.45) is 6.90. The maximum absolute atomic E-state index is 10.6. The van der Waals surface area contributed by atoms with Crippen molar-refractivity contribution in [1.29, 1.82) is 0 Å². The average Bonchev–Trinajstić information content (AvgIpc) is 2.68. The Bertz CT molecular complexity index is 215. The number of rotatable bonds is 9. The molecule has 0 aliphatic carbocycles. The van der Waals surface area contributed by atoms with Crippen LogP contribution in [-0.2, 0) is 14.2 Å². The topological polar surface area (TPSA) is 44.8 Å². The quantitative estimate of drug-likeness (QED) is 0.346. The van der Waals surface area contributed by atoms with Gasteiger partial charge in [-0.05, 0) is 19.3 Å². The molecule has 0 bridgehead atoms. The first kappa shape index (κ1) is 13.0. The minimum Gasteiger partial charge on any atom is -0.430 e. The van der Waals surface area contributed by atoms with Crippen molar-refractivity contribution in [2.45, 2.75) is 38.2 Å².